The first-order chi connectivity index (χ1) is 12.1. The normalized spacial score (nSPS) is 15.0. The van der Waals surface area contributed by atoms with Crippen LogP contribution in [0.3, 0.4) is 0 Å². The van der Waals surface area contributed by atoms with Gasteiger partial charge in [-0.3, -0.25) is 4.79 Å². The maximum atomic E-state index is 12.4. The van der Waals surface area contributed by atoms with Crippen LogP contribution in [0, 0.1) is 0 Å². The molecule has 0 spiro atoms. The lowest BCUT2D eigenvalue weighted by molar-refractivity contribution is -0.129. The van der Waals surface area contributed by atoms with E-state index in [4.69, 9.17) is 11.6 Å². The van der Waals surface area contributed by atoms with Gasteiger partial charge in [-0.05, 0) is 31.2 Å². The lowest BCUT2D eigenvalue weighted by atomic mass is 10.2. The van der Waals surface area contributed by atoms with Crippen molar-refractivity contribution in [3.05, 3.63) is 41.9 Å². The largest absolute Gasteiger partial charge is 0.368 e. The monoisotopic (exact) mass is 363 g/mol. The Kier molecular flexibility index (Phi) is 7.60. The summed E-state index contributed by atoms with van der Waals surface area (Å²) in [5.74, 6) is 0.683. The topological polar surface area (TPSA) is 60.0 Å². The summed E-state index contributed by atoms with van der Waals surface area (Å²) in [6.07, 6.45) is 1.75. The van der Waals surface area contributed by atoms with Crippen molar-refractivity contribution in [3.63, 3.8) is 0 Å². The summed E-state index contributed by atoms with van der Waals surface area (Å²) in [4.78, 5) is 20.8. The fourth-order valence-corrected chi connectivity index (χ4v) is 2.75. The minimum atomic E-state index is 0.0477. The van der Waals surface area contributed by atoms with Gasteiger partial charge in [0.15, 0.2) is 5.96 Å². The Bertz CT molecular complexity index is 594. The van der Waals surface area contributed by atoms with Crippen LogP contribution in [0.5, 0.6) is 0 Å². The number of hydrogen-bond donors (Lipinski definition) is 2. The molecule has 1 heterocycles. The van der Waals surface area contributed by atoms with E-state index in [-0.39, 0.29) is 12.5 Å². The summed E-state index contributed by atoms with van der Waals surface area (Å²) in [6.45, 7) is 10.2. The Labute approximate surface area is 154 Å². The van der Waals surface area contributed by atoms with Gasteiger partial charge in [-0.2, -0.15) is 0 Å². The van der Waals surface area contributed by atoms with Crippen LogP contribution in [0.1, 0.15) is 6.92 Å². The predicted molar refractivity (Wildman–Crippen MR) is 104 cm³/mol. The van der Waals surface area contributed by atoms with Gasteiger partial charge >= 0.3 is 0 Å². The van der Waals surface area contributed by atoms with E-state index >= 15 is 0 Å². The van der Waals surface area contributed by atoms with Gasteiger partial charge in [0.25, 0.3) is 0 Å². The van der Waals surface area contributed by atoms with Crippen LogP contribution in [-0.4, -0.2) is 62.6 Å². The van der Waals surface area contributed by atoms with Gasteiger partial charge in [-0.1, -0.05) is 17.7 Å². The first kappa shape index (κ1) is 19.1. The highest BCUT2D eigenvalue weighted by Gasteiger charge is 2.21. The predicted octanol–water partition coefficient (Wildman–Crippen LogP) is 1.73. The second-order valence-electron chi connectivity index (χ2n) is 5.71. The molecule has 2 N–H and O–H groups in total. The minimum Gasteiger partial charge on any atom is -0.368 e. The third-order valence-corrected chi connectivity index (χ3v) is 4.21. The molecule has 136 valence electrons. The number of halogens is 1. The van der Waals surface area contributed by atoms with Gasteiger partial charge < -0.3 is 20.4 Å². The summed E-state index contributed by atoms with van der Waals surface area (Å²) in [5.41, 5.74) is 1.14. The van der Waals surface area contributed by atoms with Crippen molar-refractivity contribution in [2.75, 3.05) is 50.7 Å². The third-order valence-electron chi connectivity index (χ3n) is 3.95. The second-order valence-corrected chi connectivity index (χ2v) is 6.15. The molecule has 7 heteroatoms. The number of benzene rings is 1. The van der Waals surface area contributed by atoms with Crippen molar-refractivity contribution < 1.29 is 4.79 Å². The fourth-order valence-electron chi connectivity index (χ4n) is 2.62. The summed E-state index contributed by atoms with van der Waals surface area (Å²) in [7, 11) is 0. The Morgan fingerprint density at radius 3 is 2.52 bits per heavy atom. The number of nitrogens with zero attached hydrogens (tertiary/aromatic N) is 3. The lowest BCUT2D eigenvalue weighted by Crippen LogP contribution is -2.49. The Hall–Kier alpha value is -2.21. The van der Waals surface area contributed by atoms with Crippen LogP contribution in [0.2, 0.25) is 5.02 Å². The minimum absolute atomic E-state index is 0.0477. The number of carbonyl (C=O) groups is 1. The molecule has 1 saturated heterocycles. The molecule has 1 aromatic carbocycles. The standard InChI is InChI=1S/C18H26ClN5O/c1-3-9-21-18(20-4-2)22-14-17(25)24-12-10-23(11-13-24)16-7-5-15(19)6-8-16/h3,5-8H,1,4,9-14H2,2H3,(H2,20,21,22). The van der Waals surface area contributed by atoms with Crippen molar-refractivity contribution in [1.82, 2.24) is 15.5 Å². The number of piperazine rings is 1. The Morgan fingerprint density at radius 2 is 1.92 bits per heavy atom. The number of carbonyl (C=O) groups excluding carboxylic acids is 1. The number of amides is 1. The van der Waals surface area contributed by atoms with Gasteiger partial charge in [0.05, 0.1) is 0 Å². The smallest absolute Gasteiger partial charge is 0.244 e. The zero-order chi connectivity index (χ0) is 18.1. The van der Waals surface area contributed by atoms with Gasteiger partial charge in [-0.25, -0.2) is 4.99 Å². The second kappa shape index (κ2) is 9.93. The number of aliphatic imine (C=N–C) groups is 1. The quantitative estimate of drug-likeness (QED) is 0.459. The summed E-state index contributed by atoms with van der Waals surface area (Å²) in [6, 6.07) is 7.80. The summed E-state index contributed by atoms with van der Waals surface area (Å²) >= 11 is 5.93. The molecule has 0 bridgehead atoms. The van der Waals surface area contributed by atoms with E-state index in [1.54, 1.807) is 6.08 Å². The van der Waals surface area contributed by atoms with E-state index in [0.717, 1.165) is 30.3 Å². The van der Waals surface area contributed by atoms with E-state index in [0.29, 0.717) is 25.6 Å². The molecule has 0 aliphatic carbocycles. The number of hydrogen-bond acceptors (Lipinski definition) is 3. The molecule has 1 fully saturated rings. The molecule has 1 amide bonds. The summed E-state index contributed by atoms with van der Waals surface area (Å²) < 4.78 is 0. The van der Waals surface area contributed by atoms with E-state index in [1.807, 2.05) is 36.1 Å². The van der Waals surface area contributed by atoms with Crippen LogP contribution < -0.4 is 15.5 Å². The van der Waals surface area contributed by atoms with E-state index in [2.05, 4.69) is 27.1 Å². The van der Waals surface area contributed by atoms with Gasteiger partial charge in [-0.15, -0.1) is 6.58 Å². The molecule has 0 saturated carbocycles. The number of anilines is 1. The van der Waals surface area contributed by atoms with Crippen LogP contribution in [0.4, 0.5) is 5.69 Å². The maximum Gasteiger partial charge on any atom is 0.244 e. The molecule has 0 atom stereocenters. The Morgan fingerprint density at radius 1 is 1.24 bits per heavy atom. The molecule has 1 aliphatic rings. The zero-order valence-corrected chi connectivity index (χ0v) is 15.4. The maximum absolute atomic E-state index is 12.4. The highest BCUT2D eigenvalue weighted by Crippen LogP contribution is 2.19. The number of nitrogens with one attached hydrogen (secondary N) is 2. The van der Waals surface area contributed by atoms with Crippen molar-refractivity contribution in [1.29, 1.82) is 0 Å². The molecule has 0 aromatic heterocycles. The molecule has 2 rings (SSSR count). The van der Waals surface area contributed by atoms with Gasteiger partial charge in [0.2, 0.25) is 5.91 Å². The zero-order valence-electron chi connectivity index (χ0n) is 14.7. The lowest BCUT2D eigenvalue weighted by Gasteiger charge is -2.36. The van der Waals surface area contributed by atoms with Crippen LogP contribution >= 0.6 is 11.6 Å². The highest BCUT2D eigenvalue weighted by molar-refractivity contribution is 6.30. The first-order valence-electron chi connectivity index (χ1n) is 8.55. The van der Waals surface area contributed by atoms with Crippen LogP contribution in [0.25, 0.3) is 0 Å². The average molecular weight is 364 g/mol. The van der Waals surface area contributed by atoms with Gasteiger partial charge in [0.1, 0.15) is 6.54 Å². The molecule has 0 unspecified atom stereocenters. The molecule has 25 heavy (non-hydrogen) atoms. The van der Waals surface area contributed by atoms with Crippen LogP contribution in [-0.2, 0) is 4.79 Å². The Balaban J connectivity index is 1.83. The number of guanidine groups is 1. The molecule has 6 nitrogen and oxygen atoms in total. The fraction of sp³-hybridized carbons (Fsp3) is 0.444. The van der Waals surface area contributed by atoms with Gasteiger partial charge in [0, 0.05) is 50.0 Å². The van der Waals surface area contributed by atoms with Crippen LogP contribution in [0.15, 0.2) is 41.9 Å². The van der Waals surface area contributed by atoms with E-state index in [1.165, 1.54) is 0 Å². The molecular formula is C18H26ClN5O. The number of rotatable bonds is 6. The highest BCUT2D eigenvalue weighted by atomic mass is 35.5. The van der Waals surface area contributed by atoms with E-state index < -0.39 is 0 Å². The van der Waals surface area contributed by atoms with Crippen molar-refractivity contribution in [3.8, 4) is 0 Å². The van der Waals surface area contributed by atoms with E-state index in [9.17, 15) is 4.79 Å². The summed E-state index contributed by atoms with van der Waals surface area (Å²) in [5, 5.41) is 6.94. The molecule has 0 radical (unpaired) electrons. The SMILES string of the molecule is C=CCNC(=NCC(=O)N1CCN(c2ccc(Cl)cc2)CC1)NCC. The van der Waals surface area contributed by atoms with Crippen molar-refractivity contribution >= 4 is 29.2 Å². The van der Waals surface area contributed by atoms with Crippen molar-refractivity contribution in [2.45, 2.75) is 6.92 Å². The molecule has 1 aromatic rings. The first-order valence-corrected chi connectivity index (χ1v) is 8.93. The van der Waals surface area contributed by atoms with Crippen molar-refractivity contribution in [2.24, 2.45) is 4.99 Å². The third kappa shape index (κ3) is 5.98. The molecular weight excluding hydrogens is 338 g/mol. The average Bonchev–Trinajstić information content (AvgIpc) is 2.64. The molecule has 1 aliphatic heterocycles.